The summed E-state index contributed by atoms with van der Waals surface area (Å²) in [5, 5.41) is 1.12. The van der Waals surface area contributed by atoms with Gasteiger partial charge in [0.1, 0.15) is 5.76 Å². The number of aryl methyl sites for hydroxylation is 2. The second-order valence-electron chi connectivity index (χ2n) is 8.26. The minimum absolute atomic E-state index is 0.228. The minimum Gasteiger partial charge on any atom is -0.468 e. The van der Waals surface area contributed by atoms with Crippen LogP contribution < -0.4 is 0 Å². The molecular formula is C27H24N2O3S. The Labute approximate surface area is 196 Å². The summed E-state index contributed by atoms with van der Waals surface area (Å²) in [6.45, 7) is 4.34. The van der Waals surface area contributed by atoms with Crippen molar-refractivity contribution in [1.82, 2.24) is 9.88 Å². The van der Waals surface area contributed by atoms with Gasteiger partial charge in [-0.1, -0.05) is 42.0 Å². The molecule has 5 rings (SSSR count). The smallest absolute Gasteiger partial charge is 0.268 e. The number of furan rings is 1. The number of benzene rings is 2. The lowest BCUT2D eigenvalue weighted by molar-refractivity contribution is -0.136. The Morgan fingerprint density at radius 2 is 1.85 bits per heavy atom. The predicted molar refractivity (Wildman–Crippen MR) is 132 cm³/mol. The van der Waals surface area contributed by atoms with E-state index < -0.39 is 0 Å². The van der Waals surface area contributed by atoms with Crippen LogP contribution >= 0.6 is 11.8 Å². The van der Waals surface area contributed by atoms with Gasteiger partial charge in [0, 0.05) is 23.6 Å². The number of nitrogens with zero attached hydrogens (tertiary/aromatic N) is 1. The van der Waals surface area contributed by atoms with E-state index in [1.54, 1.807) is 6.26 Å². The number of hydrogen-bond donors (Lipinski definition) is 1. The second kappa shape index (κ2) is 8.79. The van der Waals surface area contributed by atoms with Crippen molar-refractivity contribution in [1.29, 1.82) is 0 Å². The second-order valence-corrected chi connectivity index (χ2v) is 9.25. The summed E-state index contributed by atoms with van der Waals surface area (Å²) in [7, 11) is 0. The Kier molecular flexibility index (Phi) is 5.68. The van der Waals surface area contributed by atoms with Crippen LogP contribution in [0.3, 0.4) is 0 Å². The SMILES string of the molecule is Cc1ccc(C2=C(SCc3ccco3)C(=O)N(CCc3c[nH]c4ccccc34)C2=O)c(C)c1. The third kappa shape index (κ3) is 4.02. The number of thioether (sulfide) groups is 1. The molecular weight excluding hydrogens is 432 g/mol. The van der Waals surface area contributed by atoms with Gasteiger partial charge in [-0.15, -0.1) is 11.8 Å². The Bertz CT molecular complexity index is 1380. The Balaban J connectivity index is 1.45. The van der Waals surface area contributed by atoms with Crippen LogP contribution in [0.25, 0.3) is 16.5 Å². The zero-order valence-electron chi connectivity index (χ0n) is 18.6. The number of nitrogens with one attached hydrogen (secondary N) is 1. The van der Waals surface area contributed by atoms with Crippen LogP contribution in [0.1, 0.15) is 28.0 Å². The van der Waals surface area contributed by atoms with Gasteiger partial charge in [0.15, 0.2) is 0 Å². The molecule has 2 aromatic carbocycles. The third-order valence-corrected chi connectivity index (χ3v) is 7.09. The monoisotopic (exact) mass is 456 g/mol. The van der Waals surface area contributed by atoms with Gasteiger partial charge in [-0.25, -0.2) is 0 Å². The van der Waals surface area contributed by atoms with Gasteiger partial charge < -0.3 is 9.40 Å². The summed E-state index contributed by atoms with van der Waals surface area (Å²) in [6, 6.07) is 17.7. The molecule has 33 heavy (non-hydrogen) atoms. The van der Waals surface area contributed by atoms with Gasteiger partial charge in [0.25, 0.3) is 11.8 Å². The summed E-state index contributed by atoms with van der Waals surface area (Å²) < 4.78 is 5.44. The minimum atomic E-state index is -0.230. The maximum atomic E-state index is 13.6. The molecule has 0 unspecified atom stereocenters. The lowest BCUT2D eigenvalue weighted by Crippen LogP contribution is -2.33. The van der Waals surface area contributed by atoms with Crippen molar-refractivity contribution < 1.29 is 14.0 Å². The fourth-order valence-electron chi connectivity index (χ4n) is 4.33. The summed E-state index contributed by atoms with van der Waals surface area (Å²) >= 11 is 1.37. The molecule has 1 aliphatic heterocycles. The molecule has 3 heterocycles. The predicted octanol–water partition coefficient (Wildman–Crippen LogP) is 5.63. The molecule has 0 fully saturated rings. The number of carbonyl (C=O) groups excluding carboxylic acids is 2. The van der Waals surface area contributed by atoms with Crippen LogP contribution in [0, 0.1) is 13.8 Å². The summed E-state index contributed by atoms with van der Waals surface area (Å²) in [5.41, 5.74) is 5.56. The summed E-state index contributed by atoms with van der Waals surface area (Å²) in [6.07, 6.45) is 4.17. The zero-order valence-corrected chi connectivity index (χ0v) is 19.4. The number of H-pyrrole nitrogens is 1. The van der Waals surface area contributed by atoms with E-state index in [1.807, 2.05) is 68.6 Å². The van der Waals surface area contributed by atoms with Gasteiger partial charge in [-0.05, 0) is 55.2 Å². The number of rotatable bonds is 7. The van der Waals surface area contributed by atoms with Crippen molar-refractivity contribution in [2.24, 2.45) is 0 Å². The molecule has 1 aliphatic rings. The van der Waals surface area contributed by atoms with E-state index >= 15 is 0 Å². The fourth-order valence-corrected chi connectivity index (χ4v) is 5.36. The third-order valence-electron chi connectivity index (χ3n) is 6.00. The molecule has 0 atom stereocenters. The van der Waals surface area contributed by atoms with Crippen LogP contribution in [0.2, 0.25) is 0 Å². The van der Waals surface area contributed by atoms with E-state index in [0.29, 0.717) is 29.2 Å². The number of aromatic nitrogens is 1. The van der Waals surface area contributed by atoms with Gasteiger partial charge in [0.2, 0.25) is 0 Å². The van der Waals surface area contributed by atoms with Crippen molar-refractivity contribution in [2.75, 3.05) is 6.54 Å². The molecule has 0 aliphatic carbocycles. The first-order valence-corrected chi connectivity index (χ1v) is 11.9. The van der Waals surface area contributed by atoms with E-state index in [2.05, 4.69) is 11.1 Å². The molecule has 0 saturated carbocycles. The zero-order chi connectivity index (χ0) is 22.9. The molecule has 0 spiro atoms. The van der Waals surface area contributed by atoms with E-state index in [1.165, 1.54) is 16.7 Å². The van der Waals surface area contributed by atoms with Gasteiger partial charge in [-0.2, -0.15) is 0 Å². The first-order valence-electron chi connectivity index (χ1n) is 10.9. The van der Waals surface area contributed by atoms with Gasteiger partial charge >= 0.3 is 0 Å². The molecule has 2 amide bonds. The largest absolute Gasteiger partial charge is 0.468 e. The van der Waals surface area contributed by atoms with Gasteiger partial charge in [-0.3, -0.25) is 14.5 Å². The normalized spacial score (nSPS) is 14.2. The maximum Gasteiger partial charge on any atom is 0.268 e. The van der Waals surface area contributed by atoms with E-state index in [0.717, 1.165) is 38.9 Å². The Morgan fingerprint density at radius 1 is 1.00 bits per heavy atom. The van der Waals surface area contributed by atoms with Crippen LogP contribution in [-0.2, 0) is 21.8 Å². The maximum absolute atomic E-state index is 13.6. The lowest BCUT2D eigenvalue weighted by Gasteiger charge is -2.15. The van der Waals surface area contributed by atoms with E-state index in [9.17, 15) is 9.59 Å². The van der Waals surface area contributed by atoms with E-state index in [-0.39, 0.29) is 11.8 Å². The number of aromatic amines is 1. The molecule has 0 saturated heterocycles. The van der Waals surface area contributed by atoms with Gasteiger partial charge in [0.05, 0.1) is 22.5 Å². The number of hydrogen-bond acceptors (Lipinski definition) is 4. The molecule has 6 heteroatoms. The molecule has 1 N–H and O–H groups in total. The lowest BCUT2D eigenvalue weighted by atomic mass is 9.99. The van der Waals surface area contributed by atoms with Crippen molar-refractivity contribution in [3.05, 3.63) is 100.0 Å². The quantitative estimate of drug-likeness (QED) is 0.366. The average Bonchev–Trinajstić information content (AvgIpc) is 3.51. The molecule has 5 nitrogen and oxygen atoms in total. The van der Waals surface area contributed by atoms with Crippen LogP contribution in [-0.4, -0.2) is 28.2 Å². The molecule has 0 radical (unpaired) electrons. The number of para-hydroxylation sites is 1. The van der Waals surface area contributed by atoms with Crippen molar-refractivity contribution in [2.45, 2.75) is 26.0 Å². The summed E-state index contributed by atoms with van der Waals surface area (Å²) in [4.78, 5) is 32.1. The molecule has 166 valence electrons. The highest BCUT2D eigenvalue weighted by atomic mass is 32.2. The van der Waals surface area contributed by atoms with E-state index in [4.69, 9.17) is 4.42 Å². The van der Waals surface area contributed by atoms with Crippen LogP contribution in [0.4, 0.5) is 0 Å². The Hall–Kier alpha value is -3.51. The van der Waals surface area contributed by atoms with Crippen molar-refractivity contribution >= 4 is 40.1 Å². The Morgan fingerprint density at radius 3 is 2.64 bits per heavy atom. The topological polar surface area (TPSA) is 66.3 Å². The molecule has 0 bridgehead atoms. The van der Waals surface area contributed by atoms with Crippen molar-refractivity contribution in [3.8, 4) is 0 Å². The average molecular weight is 457 g/mol. The molecule has 4 aromatic rings. The first kappa shape index (κ1) is 21.3. The summed E-state index contributed by atoms with van der Waals surface area (Å²) in [5.74, 6) is 0.802. The number of imide groups is 1. The molecule has 2 aromatic heterocycles. The highest BCUT2D eigenvalue weighted by Crippen LogP contribution is 2.39. The number of carbonyl (C=O) groups is 2. The number of amides is 2. The highest BCUT2D eigenvalue weighted by Gasteiger charge is 2.39. The fraction of sp³-hybridized carbons (Fsp3) is 0.185. The van der Waals surface area contributed by atoms with Crippen LogP contribution in [0.15, 0.2) is 76.4 Å². The number of fused-ring (bicyclic) bond motifs is 1. The van der Waals surface area contributed by atoms with Crippen LogP contribution in [0.5, 0.6) is 0 Å². The van der Waals surface area contributed by atoms with Crippen molar-refractivity contribution in [3.63, 3.8) is 0 Å². The highest BCUT2D eigenvalue weighted by molar-refractivity contribution is 8.03. The first-order chi connectivity index (χ1) is 16.0. The standard InChI is InChI=1S/C27H24N2O3S/c1-17-9-10-21(18(2)14-17)24-25(33-16-20-6-5-13-32-20)27(31)29(26(24)30)12-11-19-15-28-23-8-4-3-7-22(19)23/h3-10,13-15,28H,11-12,16H2,1-2H3.